The zero-order chi connectivity index (χ0) is 29.5. The first-order chi connectivity index (χ1) is 19.4. The highest BCUT2D eigenvalue weighted by Gasteiger charge is 2.48. The van der Waals surface area contributed by atoms with E-state index in [1.54, 1.807) is 25.1 Å². The van der Waals surface area contributed by atoms with Gasteiger partial charge in [0.15, 0.2) is 11.3 Å². The summed E-state index contributed by atoms with van der Waals surface area (Å²) in [5.74, 6) is -3.71. The van der Waals surface area contributed by atoms with Crippen LogP contribution in [0.3, 0.4) is 0 Å². The van der Waals surface area contributed by atoms with Crippen molar-refractivity contribution in [3.63, 3.8) is 0 Å². The zero-order valence-corrected chi connectivity index (χ0v) is 22.1. The van der Waals surface area contributed by atoms with Crippen LogP contribution in [0.1, 0.15) is 65.3 Å². The minimum atomic E-state index is -4.61. The van der Waals surface area contributed by atoms with Crippen LogP contribution in [0.2, 0.25) is 0 Å². The number of carbonyl (C=O) groups excluding carboxylic acids is 2. The molecule has 0 spiro atoms. The van der Waals surface area contributed by atoms with E-state index in [1.807, 2.05) is 5.32 Å². The number of aryl methyl sites for hydroxylation is 1. The number of benzene rings is 1. The highest BCUT2D eigenvalue weighted by atomic mass is 19.4. The van der Waals surface area contributed by atoms with Crippen LogP contribution in [0.4, 0.5) is 26.7 Å². The fraction of sp³-hybridized carbons (Fsp3) is 0.538. The third kappa shape index (κ3) is 5.99. The lowest BCUT2D eigenvalue weighted by atomic mass is 9.82. The van der Waals surface area contributed by atoms with Crippen molar-refractivity contribution in [3.05, 3.63) is 47.2 Å². The van der Waals surface area contributed by atoms with Crippen LogP contribution < -0.4 is 10.6 Å². The van der Waals surface area contributed by atoms with Crippen molar-refractivity contribution in [2.75, 3.05) is 20.3 Å². The van der Waals surface area contributed by atoms with Gasteiger partial charge in [0.1, 0.15) is 23.9 Å². The van der Waals surface area contributed by atoms with Crippen LogP contribution in [0, 0.1) is 12.8 Å². The van der Waals surface area contributed by atoms with Crippen LogP contribution in [0.15, 0.2) is 33.4 Å². The second-order valence-electron chi connectivity index (χ2n) is 10.4. The number of halogens is 5. The molecule has 2 fully saturated rings. The van der Waals surface area contributed by atoms with Crippen LogP contribution in [0.25, 0.3) is 11.1 Å². The van der Waals surface area contributed by atoms with E-state index < -0.39 is 54.6 Å². The van der Waals surface area contributed by atoms with Crippen molar-refractivity contribution >= 4 is 23.0 Å². The molecule has 41 heavy (non-hydrogen) atoms. The second-order valence-corrected chi connectivity index (χ2v) is 10.4. The molecule has 3 aromatic rings. The molecule has 2 aromatic heterocycles. The maximum absolute atomic E-state index is 13.9. The molecule has 5 rings (SSSR count). The van der Waals surface area contributed by atoms with Gasteiger partial charge < -0.3 is 29.2 Å². The van der Waals surface area contributed by atoms with Gasteiger partial charge >= 0.3 is 12.2 Å². The lowest BCUT2D eigenvalue weighted by Gasteiger charge is -2.32. The van der Waals surface area contributed by atoms with Crippen molar-refractivity contribution in [2.45, 2.75) is 62.8 Å². The zero-order valence-electron chi connectivity index (χ0n) is 22.1. The number of nitrogens with zero attached hydrogens (tertiary/aromatic N) is 3. The van der Waals surface area contributed by atoms with Gasteiger partial charge in [-0.15, -0.1) is 0 Å². The minimum Gasteiger partial charge on any atom is -0.438 e. The summed E-state index contributed by atoms with van der Waals surface area (Å²) in [5, 5.41) is 8.47. The number of ether oxygens (including phenoxy) is 1. The molecule has 1 aliphatic heterocycles. The number of amides is 3. The molecule has 0 bridgehead atoms. The summed E-state index contributed by atoms with van der Waals surface area (Å²) in [7, 11) is 1.37. The average Bonchev–Trinajstić information content (AvgIpc) is 3.63. The van der Waals surface area contributed by atoms with Crippen molar-refractivity contribution in [1.29, 1.82) is 0 Å². The van der Waals surface area contributed by atoms with Crippen LogP contribution in [-0.2, 0) is 4.74 Å². The van der Waals surface area contributed by atoms with Crippen molar-refractivity contribution < 1.29 is 45.2 Å². The molecular weight excluding hydrogens is 557 g/mol. The van der Waals surface area contributed by atoms with E-state index in [9.17, 15) is 31.5 Å². The van der Waals surface area contributed by atoms with E-state index in [2.05, 4.69) is 15.5 Å². The maximum atomic E-state index is 13.9. The van der Waals surface area contributed by atoms with Crippen molar-refractivity contribution in [3.8, 4) is 0 Å². The third-order valence-electron chi connectivity index (χ3n) is 7.59. The van der Waals surface area contributed by atoms with Gasteiger partial charge in [0.05, 0.1) is 19.2 Å². The molecule has 222 valence electrons. The van der Waals surface area contributed by atoms with Crippen LogP contribution >= 0.6 is 0 Å². The number of nitrogens with one attached hydrogen (secondary N) is 2. The van der Waals surface area contributed by atoms with Gasteiger partial charge in [-0.25, -0.2) is 18.6 Å². The monoisotopic (exact) mass is 585 g/mol. The van der Waals surface area contributed by atoms with Gasteiger partial charge in [-0.3, -0.25) is 4.79 Å². The number of hydrogen-bond donors (Lipinski definition) is 2. The van der Waals surface area contributed by atoms with Crippen molar-refractivity contribution in [1.82, 2.24) is 25.7 Å². The van der Waals surface area contributed by atoms with E-state index in [0.29, 0.717) is 22.2 Å². The molecule has 0 radical (unpaired) electrons. The Kier molecular flexibility index (Phi) is 7.66. The number of methoxy groups -OCH3 is 1. The molecule has 1 saturated carbocycles. The molecule has 2 N–H and O–H groups in total. The molecule has 1 saturated heterocycles. The third-order valence-corrected chi connectivity index (χ3v) is 7.59. The Balaban J connectivity index is 1.45. The Morgan fingerprint density at radius 2 is 2.02 bits per heavy atom. The summed E-state index contributed by atoms with van der Waals surface area (Å²) in [6, 6.07) is 0.0841. The van der Waals surface area contributed by atoms with E-state index >= 15 is 0 Å². The Morgan fingerprint density at radius 1 is 1.29 bits per heavy atom. The highest BCUT2D eigenvalue weighted by molar-refractivity contribution is 5.93. The fourth-order valence-electron chi connectivity index (χ4n) is 5.33. The van der Waals surface area contributed by atoms with Crippen LogP contribution in [-0.4, -0.2) is 65.4 Å². The van der Waals surface area contributed by atoms with E-state index in [-0.39, 0.29) is 43.9 Å². The Labute approximate surface area is 230 Å². The first-order valence-electron chi connectivity index (χ1n) is 13.0. The summed E-state index contributed by atoms with van der Waals surface area (Å²) in [5.41, 5.74) is 1.59. The smallest absolute Gasteiger partial charge is 0.410 e. The summed E-state index contributed by atoms with van der Waals surface area (Å²) >= 11 is 0. The maximum Gasteiger partial charge on any atom is 0.410 e. The van der Waals surface area contributed by atoms with Gasteiger partial charge in [-0.05, 0) is 43.4 Å². The molecule has 1 aliphatic carbocycles. The summed E-state index contributed by atoms with van der Waals surface area (Å²) in [4.78, 5) is 31.0. The number of aromatic nitrogens is 2. The lowest BCUT2D eigenvalue weighted by molar-refractivity contribution is -0.150. The number of rotatable bonds is 8. The van der Waals surface area contributed by atoms with Gasteiger partial charge in [0.2, 0.25) is 11.8 Å². The number of urea groups is 1. The SMILES string of the molecule is COC[C@H](c1ccc2oc([C@@H](NC(=O)c3nocc3C)C3CCC(F)(F)CC3)nc2c1)N1C[C@@H](C(F)(F)F)NC1=O. The number of alkyl halides is 5. The predicted octanol–water partition coefficient (Wildman–Crippen LogP) is 5.06. The normalized spacial score (nSPS) is 21.2. The van der Waals surface area contributed by atoms with Gasteiger partial charge in [0, 0.05) is 25.5 Å². The highest BCUT2D eigenvalue weighted by Crippen LogP contribution is 2.42. The number of hydrogen-bond acceptors (Lipinski definition) is 7. The summed E-state index contributed by atoms with van der Waals surface area (Å²) < 4.78 is 83.7. The topological polar surface area (TPSA) is 123 Å². The van der Waals surface area contributed by atoms with E-state index in [0.717, 1.165) is 4.90 Å². The molecule has 0 unspecified atom stereocenters. The van der Waals surface area contributed by atoms with Gasteiger partial charge in [-0.2, -0.15) is 13.2 Å². The molecule has 2 aliphatic rings. The molecule has 3 atom stereocenters. The van der Waals surface area contributed by atoms with Gasteiger partial charge in [-0.1, -0.05) is 11.2 Å². The Hall–Kier alpha value is -3.75. The number of oxazole rings is 1. The lowest BCUT2D eigenvalue weighted by Crippen LogP contribution is -2.40. The number of fused-ring (bicyclic) bond motifs is 1. The van der Waals surface area contributed by atoms with Crippen LogP contribution in [0.5, 0.6) is 0 Å². The number of carbonyl (C=O) groups is 2. The molecular formula is C26H28F5N5O5. The van der Waals surface area contributed by atoms with E-state index in [4.69, 9.17) is 13.7 Å². The molecule has 3 amide bonds. The fourth-order valence-corrected chi connectivity index (χ4v) is 5.33. The minimum absolute atomic E-state index is 0.0398. The summed E-state index contributed by atoms with van der Waals surface area (Å²) in [6.07, 6.45) is -3.79. The van der Waals surface area contributed by atoms with E-state index in [1.165, 1.54) is 13.4 Å². The van der Waals surface area contributed by atoms with Gasteiger partial charge in [0.25, 0.3) is 5.91 Å². The van der Waals surface area contributed by atoms with Crippen molar-refractivity contribution in [2.24, 2.45) is 5.92 Å². The second kappa shape index (κ2) is 10.9. The first kappa shape index (κ1) is 28.8. The molecule has 10 nitrogen and oxygen atoms in total. The summed E-state index contributed by atoms with van der Waals surface area (Å²) in [6.45, 7) is 0.955. The molecule has 15 heteroatoms. The quantitative estimate of drug-likeness (QED) is 0.354. The Morgan fingerprint density at radius 3 is 2.63 bits per heavy atom. The Bertz CT molecular complexity index is 1410. The predicted molar refractivity (Wildman–Crippen MR) is 132 cm³/mol. The molecule has 1 aromatic carbocycles. The standard InChI is InChI=1S/C26H28F5N5O5/c1-13-11-40-35-20(13)22(37)34-21(14-5-7-25(27,28)8-6-14)23-32-16-9-15(3-4-18(16)41-23)17(12-39-2)36-10-19(26(29,30)31)33-24(36)38/h3-4,9,11,14,17,19,21H,5-8,10,12H2,1-2H3,(H,33,38)(H,34,37)/t17-,19+,21+/m1/s1. The molecule has 3 heterocycles. The largest absolute Gasteiger partial charge is 0.438 e. The first-order valence-corrected chi connectivity index (χ1v) is 13.0. The average molecular weight is 586 g/mol.